The molecule has 0 saturated carbocycles. The Labute approximate surface area is 150 Å². The lowest BCUT2D eigenvalue weighted by molar-refractivity contribution is -0.147. The van der Waals surface area contributed by atoms with Crippen molar-refractivity contribution in [3.8, 4) is 0 Å². The number of piperidine rings is 1. The highest BCUT2D eigenvalue weighted by Gasteiger charge is 2.39. The van der Waals surface area contributed by atoms with Crippen molar-refractivity contribution in [3.05, 3.63) is 0 Å². The second-order valence-corrected chi connectivity index (χ2v) is 7.85. The Bertz CT molecular complexity index is 486. The molecule has 25 heavy (non-hydrogen) atoms. The normalized spacial score (nSPS) is 22.2. The maximum atomic E-state index is 12.2. The summed E-state index contributed by atoms with van der Waals surface area (Å²) in [6.45, 7) is 10.8. The maximum absolute atomic E-state index is 12.2. The van der Waals surface area contributed by atoms with E-state index in [1.54, 1.807) is 4.90 Å². The first kappa shape index (κ1) is 21.3. The third-order valence-corrected chi connectivity index (χ3v) is 4.43. The molecule has 7 nitrogen and oxygen atoms in total. The highest BCUT2D eigenvalue weighted by molar-refractivity contribution is 5.82. The smallest absolute Gasteiger partial charge is 0.410 e. The number of carbonyl (C=O) groups is 3. The average Bonchev–Trinajstić information content (AvgIpc) is 2.49. The Morgan fingerprint density at radius 1 is 1.32 bits per heavy atom. The van der Waals surface area contributed by atoms with Crippen LogP contribution in [0.15, 0.2) is 0 Å². The molecule has 1 aliphatic rings. The van der Waals surface area contributed by atoms with E-state index in [0.717, 1.165) is 6.42 Å². The maximum Gasteiger partial charge on any atom is 0.410 e. The molecule has 2 N–H and O–H groups in total. The predicted molar refractivity (Wildman–Crippen MR) is 94.1 cm³/mol. The molecule has 7 heteroatoms. The number of carboxylic acids is 1. The van der Waals surface area contributed by atoms with Crippen molar-refractivity contribution in [2.24, 2.45) is 17.8 Å². The molecular weight excluding hydrogens is 324 g/mol. The molecule has 144 valence electrons. The topological polar surface area (TPSA) is 95.9 Å². The third kappa shape index (κ3) is 6.92. The van der Waals surface area contributed by atoms with Gasteiger partial charge in [-0.25, -0.2) is 4.79 Å². The summed E-state index contributed by atoms with van der Waals surface area (Å²) < 4.78 is 5.38. The monoisotopic (exact) mass is 356 g/mol. The van der Waals surface area contributed by atoms with E-state index in [1.807, 2.05) is 34.6 Å². The third-order valence-electron chi connectivity index (χ3n) is 4.43. The summed E-state index contributed by atoms with van der Waals surface area (Å²) >= 11 is 0. The van der Waals surface area contributed by atoms with Gasteiger partial charge in [0, 0.05) is 26.1 Å². The van der Waals surface area contributed by atoms with Gasteiger partial charge in [0.2, 0.25) is 5.91 Å². The number of nitrogens with zero attached hydrogens (tertiary/aromatic N) is 1. The van der Waals surface area contributed by atoms with Gasteiger partial charge in [-0.3, -0.25) is 9.59 Å². The molecule has 3 atom stereocenters. The van der Waals surface area contributed by atoms with Crippen LogP contribution in [0.3, 0.4) is 0 Å². The van der Waals surface area contributed by atoms with Crippen LogP contribution in [0.4, 0.5) is 4.79 Å². The second kappa shape index (κ2) is 9.06. The van der Waals surface area contributed by atoms with Crippen molar-refractivity contribution in [1.82, 2.24) is 10.2 Å². The number of hydrogen-bond acceptors (Lipinski definition) is 4. The van der Waals surface area contributed by atoms with Crippen LogP contribution in [0.5, 0.6) is 0 Å². The van der Waals surface area contributed by atoms with Gasteiger partial charge in [0.15, 0.2) is 0 Å². The molecule has 1 fully saturated rings. The fourth-order valence-electron chi connectivity index (χ4n) is 3.21. The molecule has 2 amide bonds. The van der Waals surface area contributed by atoms with E-state index in [-0.39, 0.29) is 30.3 Å². The van der Waals surface area contributed by atoms with Crippen molar-refractivity contribution in [1.29, 1.82) is 0 Å². The van der Waals surface area contributed by atoms with Crippen LogP contribution in [0, 0.1) is 17.8 Å². The summed E-state index contributed by atoms with van der Waals surface area (Å²) in [5.41, 5.74) is -0.557. The molecule has 0 aromatic carbocycles. The molecule has 0 bridgehead atoms. The van der Waals surface area contributed by atoms with Crippen molar-refractivity contribution < 1.29 is 24.2 Å². The number of carboxylic acid groups (broad SMARTS) is 1. The number of carbonyl (C=O) groups excluding carboxylic acids is 2. The minimum atomic E-state index is -0.950. The number of amides is 2. The van der Waals surface area contributed by atoms with Crippen molar-refractivity contribution in [2.75, 3.05) is 19.6 Å². The first-order chi connectivity index (χ1) is 11.5. The first-order valence-corrected chi connectivity index (χ1v) is 9.02. The van der Waals surface area contributed by atoms with E-state index in [9.17, 15) is 19.5 Å². The van der Waals surface area contributed by atoms with Crippen LogP contribution in [-0.2, 0) is 14.3 Å². The van der Waals surface area contributed by atoms with Crippen LogP contribution >= 0.6 is 0 Å². The van der Waals surface area contributed by atoms with Gasteiger partial charge in [0.1, 0.15) is 5.60 Å². The molecule has 1 saturated heterocycles. The number of aliphatic carboxylic acids is 1. The van der Waals surface area contributed by atoms with Gasteiger partial charge in [-0.2, -0.15) is 0 Å². The quantitative estimate of drug-likeness (QED) is 0.762. The zero-order chi connectivity index (χ0) is 19.2. The predicted octanol–water partition coefficient (Wildman–Crippen LogP) is 2.50. The van der Waals surface area contributed by atoms with Gasteiger partial charge in [0.05, 0.1) is 5.92 Å². The van der Waals surface area contributed by atoms with Gasteiger partial charge < -0.3 is 20.1 Å². The van der Waals surface area contributed by atoms with Gasteiger partial charge >= 0.3 is 12.1 Å². The number of likely N-dealkylation sites (tertiary alicyclic amines) is 1. The van der Waals surface area contributed by atoms with Crippen LogP contribution in [-0.4, -0.2) is 53.2 Å². The lowest BCUT2D eigenvalue weighted by atomic mass is 9.76. The molecule has 3 unspecified atom stereocenters. The Morgan fingerprint density at radius 2 is 1.96 bits per heavy atom. The van der Waals surface area contributed by atoms with Crippen LogP contribution in [0.25, 0.3) is 0 Å². The largest absolute Gasteiger partial charge is 0.481 e. The fourth-order valence-corrected chi connectivity index (χ4v) is 3.21. The minimum absolute atomic E-state index is 0.0126. The van der Waals surface area contributed by atoms with E-state index in [1.165, 1.54) is 0 Å². The van der Waals surface area contributed by atoms with E-state index in [2.05, 4.69) is 5.32 Å². The van der Waals surface area contributed by atoms with Crippen LogP contribution < -0.4 is 5.32 Å². The van der Waals surface area contributed by atoms with Gasteiger partial charge in [-0.05, 0) is 45.4 Å². The fraction of sp³-hybridized carbons (Fsp3) is 0.833. The summed E-state index contributed by atoms with van der Waals surface area (Å²) in [6, 6.07) is 0. The summed E-state index contributed by atoms with van der Waals surface area (Å²) in [5.74, 6) is -2.05. The summed E-state index contributed by atoms with van der Waals surface area (Å²) in [4.78, 5) is 37.4. The molecule has 0 aliphatic carbocycles. The average molecular weight is 356 g/mol. The summed E-state index contributed by atoms with van der Waals surface area (Å²) in [6.07, 6.45) is 0.981. The Balaban J connectivity index is 2.68. The minimum Gasteiger partial charge on any atom is -0.481 e. The zero-order valence-corrected chi connectivity index (χ0v) is 16.0. The molecule has 0 radical (unpaired) electrons. The summed E-state index contributed by atoms with van der Waals surface area (Å²) in [5, 5.41) is 12.3. The van der Waals surface area contributed by atoms with E-state index >= 15 is 0 Å². The standard InChI is InChI=1S/C18H32N2O5/c1-6-8-19-15(21)10-14(16(22)23)13-7-9-20(11-12(13)2)17(24)25-18(3,4)5/h12-14H,6-11H2,1-5H3,(H,19,21)(H,22,23). The van der Waals surface area contributed by atoms with Crippen molar-refractivity contribution >= 4 is 18.0 Å². The Morgan fingerprint density at radius 3 is 2.44 bits per heavy atom. The number of hydrogen-bond donors (Lipinski definition) is 2. The first-order valence-electron chi connectivity index (χ1n) is 9.02. The van der Waals surface area contributed by atoms with Crippen LogP contribution in [0.2, 0.25) is 0 Å². The SMILES string of the molecule is CCCNC(=O)CC(C(=O)O)C1CCN(C(=O)OC(C)(C)C)CC1C. The number of nitrogens with one attached hydrogen (secondary N) is 1. The Kier molecular flexibility index (Phi) is 7.70. The molecule has 1 rings (SSSR count). The van der Waals surface area contributed by atoms with Gasteiger partial charge in [-0.15, -0.1) is 0 Å². The zero-order valence-electron chi connectivity index (χ0n) is 16.0. The number of rotatable bonds is 6. The van der Waals surface area contributed by atoms with Crippen LogP contribution in [0.1, 0.15) is 53.9 Å². The lowest BCUT2D eigenvalue weighted by Gasteiger charge is -2.39. The van der Waals surface area contributed by atoms with E-state index in [4.69, 9.17) is 4.74 Å². The van der Waals surface area contributed by atoms with E-state index < -0.39 is 17.5 Å². The molecule has 0 aromatic heterocycles. The molecular formula is C18H32N2O5. The highest BCUT2D eigenvalue weighted by atomic mass is 16.6. The van der Waals surface area contributed by atoms with Crippen molar-refractivity contribution in [3.63, 3.8) is 0 Å². The van der Waals surface area contributed by atoms with Crippen molar-refractivity contribution in [2.45, 2.75) is 59.5 Å². The van der Waals surface area contributed by atoms with E-state index in [0.29, 0.717) is 26.1 Å². The van der Waals surface area contributed by atoms with Gasteiger partial charge in [-0.1, -0.05) is 13.8 Å². The molecule has 1 heterocycles. The highest BCUT2D eigenvalue weighted by Crippen LogP contribution is 2.32. The number of ether oxygens (including phenoxy) is 1. The lowest BCUT2D eigenvalue weighted by Crippen LogP contribution is -2.48. The molecule has 1 aliphatic heterocycles. The molecule has 0 spiro atoms. The second-order valence-electron chi connectivity index (χ2n) is 7.85. The Hall–Kier alpha value is -1.79. The summed E-state index contributed by atoms with van der Waals surface area (Å²) in [7, 11) is 0. The van der Waals surface area contributed by atoms with Gasteiger partial charge in [0.25, 0.3) is 0 Å². The molecule has 0 aromatic rings.